The standard InChI is InChI=1S/C31H30N2O/c1-22-24(9-5-10-28(22)25-7-3-2-4-8-25)15-16-26-17-27(14-13-23-18-32-21-33-19-23)31(20-34)30-12-6-11-29(26)30/h2-5,7-10,17-21H,6,11-16H2,1H3. The number of aldehydes is 1. The molecule has 170 valence electrons. The smallest absolute Gasteiger partial charge is 0.150 e. The summed E-state index contributed by atoms with van der Waals surface area (Å²) >= 11 is 0. The lowest BCUT2D eigenvalue weighted by molar-refractivity contribution is 0.112. The molecule has 34 heavy (non-hydrogen) atoms. The molecule has 3 aromatic carbocycles. The predicted octanol–water partition coefficient (Wildman–Crippen LogP) is 6.32. The maximum absolute atomic E-state index is 12.1. The van der Waals surface area contributed by atoms with Crippen molar-refractivity contribution in [2.75, 3.05) is 0 Å². The molecule has 1 aliphatic carbocycles. The second-order valence-electron chi connectivity index (χ2n) is 9.24. The topological polar surface area (TPSA) is 42.9 Å². The minimum atomic E-state index is 0.838. The predicted molar refractivity (Wildman–Crippen MR) is 137 cm³/mol. The molecular formula is C31H30N2O. The van der Waals surface area contributed by atoms with Gasteiger partial charge in [0.15, 0.2) is 6.29 Å². The lowest BCUT2D eigenvalue weighted by Gasteiger charge is -2.17. The van der Waals surface area contributed by atoms with Crippen LogP contribution in [-0.2, 0) is 38.5 Å². The van der Waals surface area contributed by atoms with Gasteiger partial charge in [-0.2, -0.15) is 0 Å². The molecule has 0 spiro atoms. The van der Waals surface area contributed by atoms with Gasteiger partial charge in [0.2, 0.25) is 0 Å². The van der Waals surface area contributed by atoms with E-state index in [9.17, 15) is 4.79 Å². The number of aryl methyl sites for hydroxylation is 4. The van der Waals surface area contributed by atoms with Crippen LogP contribution in [0.3, 0.4) is 0 Å². The Balaban J connectivity index is 1.42. The molecular weight excluding hydrogens is 416 g/mol. The Hall–Kier alpha value is -3.59. The van der Waals surface area contributed by atoms with E-state index in [4.69, 9.17) is 0 Å². The zero-order chi connectivity index (χ0) is 23.3. The zero-order valence-corrected chi connectivity index (χ0v) is 19.8. The van der Waals surface area contributed by atoms with Crippen molar-refractivity contribution in [3.8, 4) is 11.1 Å². The second kappa shape index (κ2) is 10.1. The molecule has 0 saturated carbocycles. The van der Waals surface area contributed by atoms with E-state index in [0.717, 1.165) is 62.4 Å². The van der Waals surface area contributed by atoms with E-state index in [2.05, 4.69) is 71.5 Å². The molecule has 3 heteroatoms. The van der Waals surface area contributed by atoms with Crippen LogP contribution in [0.25, 0.3) is 11.1 Å². The molecule has 0 unspecified atom stereocenters. The molecule has 4 aromatic rings. The van der Waals surface area contributed by atoms with Gasteiger partial charge in [-0.1, -0.05) is 54.6 Å². The van der Waals surface area contributed by atoms with Gasteiger partial charge < -0.3 is 0 Å². The number of benzene rings is 3. The first-order valence-electron chi connectivity index (χ1n) is 12.2. The van der Waals surface area contributed by atoms with Crippen molar-refractivity contribution in [1.82, 2.24) is 9.97 Å². The molecule has 0 fully saturated rings. The van der Waals surface area contributed by atoms with Gasteiger partial charge in [-0.25, -0.2) is 9.97 Å². The summed E-state index contributed by atoms with van der Waals surface area (Å²) in [4.78, 5) is 20.4. The molecule has 0 atom stereocenters. The van der Waals surface area contributed by atoms with Crippen molar-refractivity contribution in [2.45, 2.75) is 51.9 Å². The number of carbonyl (C=O) groups excluding carboxylic acids is 1. The summed E-state index contributed by atoms with van der Waals surface area (Å²) in [5, 5.41) is 0. The Morgan fingerprint density at radius 3 is 2.32 bits per heavy atom. The van der Waals surface area contributed by atoms with Gasteiger partial charge in [-0.3, -0.25) is 4.79 Å². The van der Waals surface area contributed by atoms with Crippen LogP contribution in [0.1, 0.15) is 55.7 Å². The zero-order valence-electron chi connectivity index (χ0n) is 19.8. The van der Waals surface area contributed by atoms with Crippen molar-refractivity contribution >= 4 is 6.29 Å². The Morgan fingerprint density at radius 2 is 1.53 bits per heavy atom. The maximum Gasteiger partial charge on any atom is 0.150 e. The third-order valence-electron chi connectivity index (χ3n) is 7.23. The average molecular weight is 447 g/mol. The van der Waals surface area contributed by atoms with E-state index in [1.54, 1.807) is 6.33 Å². The van der Waals surface area contributed by atoms with Gasteiger partial charge >= 0.3 is 0 Å². The Kier molecular flexibility index (Phi) is 6.62. The minimum Gasteiger partial charge on any atom is -0.298 e. The summed E-state index contributed by atoms with van der Waals surface area (Å²) in [6, 6.07) is 19.6. The fraction of sp³-hybridized carbons (Fsp3) is 0.258. The van der Waals surface area contributed by atoms with Crippen molar-refractivity contribution in [3.63, 3.8) is 0 Å². The summed E-state index contributed by atoms with van der Waals surface area (Å²) in [6.07, 6.45) is 13.3. The third kappa shape index (κ3) is 4.56. The monoisotopic (exact) mass is 446 g/mol. The highest BCUT2D eigenvalue weighted by Crippen LogP contribution is 2.33. The van der Waals surface area contributed by atoms with E-state index in [0.29, 0.717) is 0 Å². The van der Waals surface area contributed by atoms with Crippen LogP contribution in [0.15, 0.2) is 73.3 Å². The van der Waals surface area contributed by atoms with E-state index in [1.807, 2.05) is 12.4 Å². The molecule has 0 saturated heterocycles. The molecule has 1 heterocycles. The fourth-order valence-corrected chi connectivity index (χ4v) is 5.43. The number of hydrogen-bond acceptors (Lipinski definition) is 3. The van der Waals surface area contributed by atoms with Gasteiger partial charge in [-0.05, 0) is 102 Å². The van der Waals surface area contributed by atoms with E-state index < -0.39 is 0 Å². The first-order chi connectivity index (χ1) is 16.7. The van der Waals surface area contributed by atoms with Crippen LogP contribution < -0.4 is 0 Å². The van der Waals surface area contributed by atoms with Crippen LogP contribution in [0.5, 0.6) is 0 Å². The van der Waals surface area contributed by atoms with Crippen molar-refractivity contribution in [2.24, 2.45) is 0 Å². The first kappa shape index (κ1) is 22.2. The second-order valence-corrected chi connectivity index (χ2v) is 9.24. The van der Waals surface area contributed by atoms with Gasteiger partial charge in [0.1, 0.15) is 6.33 Å². The number of nitrogens with zero attached hydrogens (tertiary/aromatic N) is 2. The van der Waals surface area contributed by atoms with Crippen molar-refractivity contribution in [1.29, 1.82) is 0 Å². The highest BCUT2D eigenvalue weighted by Gasteiger charge is 2.21. The number of aromatic nitrogens is 2. The minimum absolute atomic E-state index is 0.838. The van der Waals surface area contributed by atoms with Gasteiger partial charge in [0.25, 0.3) is 0 Å². The van der Waals surface area contributed by atoms with Crippen molar-refractivity contribution < 1.29 is 4.79 Å². The summed E-state index contributed by atoms with van der Waals surface area (Å²) in [6.45, 7) is 2.24. The number of rotatable bonds is 8. The maximum atomic E-state index is 12.1. The number of fused-ring (bicyclic) bond motifs is 1. The van der Waals surface area contributed by atoms with Crippen LogP contribution in [0, 0.1) is 6.92 Å². The quantitative estimate of drug-likeness (QED) is 0.297. The summed E-state index contributed by atoms with van der Waals surface area (Å²) < 4.78 is 0. The lowest BCUT2D eigenvalue weighted by atomic mass is 9.87. The molecule has 1 aliphatic rings. The van der Waals surface area contributed by atoms with Gasteiger partial charge in [-0.15, -0.1) is 0 Å². The van der Waals surface area contributed by atoms with Crippen LogP contribution in [-0.4, -0.2) is 16.3 Å². The first-order valence-corrected chi connectivity index (χ1v) is 12.2. The third-order valence-corrected chi connectivity index (χ3v) is 7.23. The number of carbonyl (C=O) groups is 1. The largest absolute Gasteiger partial charge is 0.298 e. The van der Waals surface area contributed by atoms with Gasteiger partial charge in [0, 0.05) is 18.0 Å². The summed E-state index contributed by atoms with van der Waals surface area (Å²) in [7, 11) is 0. The molecule has 1 aromatic heterocycles. The molecule has 0 amide bonds. The van der Waals surface area contributed by atoms with Crippen LogP contribution in [0.4, 0.5) is 0 Å². The number of hydrogen-bond donors (Lipinski definition) is 0. The Labute approximate surface area is 201 Å². The molecule has 0 bridgehead atoms. The van der Waals surface area contributed by atoms with E-state index in [1.165, 1.54) is 44.5 Å². The average Bonchev–Trinajstić information content (AvgIpc) is 3.38. The van der Waals surface area contributed by atoms with E-state index in [-0.39, 0.29) is 0 Å². The molecule has 5 rings (SSSR count). The fourth-order valence-electron chi connectivity index (χ4n) is 5.43. The highest BCUT2D eigenvalue weighted by atomic mass is 16.1. The highest BCUT2D eigenvalue weighted by molar-refractivity contribution is 5.81. The molecule has 3 nitrogen and oxygen atoms in total. The molecule has 0 N–H and O–H groups in total. The SMILES string of the molecule is Cc1c(CCc2cc(CCc3cncnc3)c(C=O)c3c2CCC3)cccc1-c1ccccc1. The lowest BCUT2D eigenvalue weighted by Crippen LogP contribution is -2.07. The normalized spacial score (nSPS) is 12.5. The Bertz CT molecular complexity index is 1300. The van der Waals surface area contributed by atoms with Crippen LogP contribution in [0.2, 0.25) is 0 Å². The summed E-state index contributed by atoms with van der Waals surface area (Å²) in [5.41, 5.74) is 12.7. The summed E-state index contributed by atoms with van der Waals surface area (Å²) in [5.74, 6) is 0. The molecule has 0 radical (unpaired) electrons. The van der Waals surface area contributed by atoms with Gasteiger partial charge in [0.05, 0.1) is 0 Å². The van der Waals surface area contributed by atoms with Crippen LogP contribution >= 0.6 is 0 Å². The Morgan fingerprint density at radius 1 is 0.794 bits per heavy atom. The molecule has 0 aliphatic heterocycles. The van der Waals surface area contributed by atoms with Crippen molar-refractivity contribution in [3.05, 3.63) is 118 Å². The van der Waals surface area contributed by atoms with E-state index >= 15 is 0 Å².